The Balaban J connectivity index is 1.75. The summed E-state index contributed by atoms with van der Waals surface area (Å²) in [5.41, 5.74) is 2.96. The van der Waals surface area contributed by atoms with Gasteiger partial charge >= 0.3 is 0 Å². The predicted molar refractivity (Wildman–Crippen MR) is 98.2 cm³/mol. The van der Waals surface area contributed by atoms with Crippen LogP contribution in [0, 0.1) is 0 Å². The molecule has 0 atom stereocenters. The highest BCUT2D eigenvalue weighted by molar-refractivity contribution is 6.21. The normalized spacial score (nSPS) is 13.9. The minimum absolute atomic E-state index is 0.109. The van der Waals surface area contributed by atoms with Crippen molar-refractivity contribution in [2.24, 2.45) is 0 Å². The molecule has 0 aliphatic heterocycles. The first-order valence-corrected chi connectivity index (χ1v) is 8.05. The van der Waals surface area contributed by atoms with Crippen molar-refractivity contribution in [1.82, 2.24) is 0 Å². The van der Waals surface area contributed by atoms with Crippen LogP contribution in [-0.2, 0) is 22.8 Å². The van der Waals surface area contributed by atoms with Crippen LogP contribution in [0.25, 0.3) is 0 Å². The van der Waals surface area contributed by atoms with Crippen LogP contribution in [0.15, 0.2) is 72.1 Å². The van der Waals surface area contributed by atoms with Crippen LogP contribution >= 0.6 is 0 Å². The van der Waals surface area contributed by atoms with Gasteiger partial charge in [-0.1, -0.05) is 24.3 Å². The first kappa shape index (κ1) is 17.6. The summed E-state index contributed by atoms with van der Waals surface area (Å²) in [7, 11) is 0. The van der Waals surface area contributed by atoms with Gasteiger partial charge in [0.15, 0.2) is 0 Å². The number of ketones is 2. The van der Waals surface area contributed by atoms with Crippen molar-refractivity contribution in [2.75, 3.05) is 10.6 Å². The summed E-state index contributed by atoms with van der Waals surface area (Å²) in [5.74, 6) is -0.667. The highest BCUT2D eigenvalue weighted by atomic mass is 16.3. The van der Waals surface area contributed by atoms with Crippen LogP contribution in [0.4, 0.5) is 11.4 Å². The number of rotatable bonds is 6. The van der Waals surface area contributed by atoms with Crippen molar-refractivity contribution in [3.05, 3.63) is 83.2 Å². The third-order valence-electron chi connectivity index (χ3n) is 3.86. The SMILES string of the molecule is O=C1C=C(Nc2cccc(CO)c2)C(=O)C=C1Nc1cccc(CO)c1. The molecule has 3 rings (SSSR count). The fourth-order valence-electron chi connectivity index (χ4n) is 2.56. The third kappa shape index (κ3) is 4.05. The van der Waals surface area contributed by atoms with Crippen molar-refractivity contribution in [1.29, 1.82) is 0 Å². The number of carbonyl (C=O) groups is 2. The van der Waals surface area contributed by atoms with E-state index < -0.39 is 0 Å². The molecule has 0 fully saturated rings. The molecule has 4 N–H and O–H groups in total. The second kappa shape index (κ2) is 7.77. The zero-order valence-corrected chi connectivity index (χ0v) is 13.9. The van der Waals surface area contributed by atoms with Gasteiger partial charge in [-0.05, 0) is 35.4 Å². The summed E-state index contributed by atoms with van der Waals surface area (Å²) < 4.78 is 0. The van der Waals surface area contributed by atoms with Gasteiger partial charge in [-0.2, -0.15) is 0 Å². The van der Waals surface area contributed by atoms with Gasteiger partial charge in [-0.25, -0.2) is 0 Å². The van der Waals surface area contributed by atoms with Gasteiger partial charge in [0.2, 0.25) is 11.6 Å². The molecule has 0 saturated heterocycles. The molecule has 6 nitrogen and oxygen atoms in total. The van der Waals surface area contributed by atoms with E-state index in [2.05, 4.69) is 10.6 Å². The molecule has 0 saturated carbocycles. The average molecular weight is 350 g/mol. The smallest absolute Gasteiger partial charge is 0.204 e. The van der Waals surface area contributed by atoms with E-state index in [1.54, 1.807) is 48.5 Å². The maximum absolute atomic E-state index is 12.3. The Hall–Kier alpha value is -3.22. The van der Waals surface area contributed by atoms with Crippen molar-refractivity contribution < 1.29 is 19.8 Å². The predicted octanol–water partition coefficient (Wildman–Crippen LogP) is 2.11. The van der Waals surface area contributed by atoms with Crippen LogP contribution in [0.5, 0.6) is 0 Å². The zero-order chi connectivity index (χ0) is 18.5. The lowest BCUT2D eigenvalue weighted by atomic mass is 10.1. The molecule has 1 aliphatic carbocycles. The largest absolute Gasteiger partial charge is 0.392 e. The Bertz CT molecular complexity index is 840. The molecular formula is C20H18N2O4. The lowest BCUT2D eigenvalue weighted by Gasteiger charge is -2.16. The van der Waals surface area contributed by atoms with E-state index in [1.807, 2.05) is 0 Å². The van der Waals surface area contributed by atoms with E-state index >= 15 is 0 Å². The summed E-state index contributed by atoms with van der Waals surface area (Å²) in [6.45, 7) is -0.218. The summed E-state index contributed by atoms with van der Waals surface area (Å²) >= 11 is 0. The molecule has 2 aromatic rings. The van der Waals surface area contributed by atoms with Gasteiger partial charge in [-0.3, -0.25) is 9.59 Å². The standard InChI is InChI=1S/C20H18N2O4/c23-11-13-3-1-5-15(7-13)21-17-9-20(26)18(10-19(17)25)22-16-6-2-4-14(8-16)12-24/h1-10,21-24H,11-12H2. The molecule has 2 aromatic carbocycles. The van der Waals surface area contributed by atoms with Crippen molar-refractivity contribution >= 4 is 22.9 Å². The summed E-state index contributed by atoms with van der Waals surface area (Å²) in [4.78, 5) is 24.7. The van der Waals surface area contributed by atoms with Crippen LogP contribution in [0.3, 0.4) is 0 Å². The van der Waals surface area contributed by atoms with Gasteiger partial charge in [0.1, 0.15) is 0 Å². The highest BCUT2D eigenvalue weighted by Gasteiger charge is 2.20. The van der Waals surface area contributed by atoms with E-state index in [1.165, 1.54) is 12.2 Å². The molecule has 26 heavy (non-hydrogen) atoms. The summed E-state index contributed by atoms with van der Waals surface area (Å²) in [6.07, 6.45) is 2.48. The Labute approximate surface area is 150 Å². The van der Waals surface area contributed by atoms with Crippen LogP contribution < -0.4 is 10.6 Å². The van der Waals surface area contributed by atoms with Crippen molar-refractivity contribution in [3.63, 3.8) is 0 Å². The number of hydrogen-bond donors (Lipinski definition) is 4. The maximum atomic E-state index is 12.3. The van der Waals surface area contributed by atoms with Gasteiger partial charge in [0.25, 0.3) is 0 Å². The summed E-state index contributed by atoms with van der Waals surface area (Å²) in [5, 5.41) is 24.2. The number of benzene rings is 2. The number of nitrogens with one attached hydrogen (secondary N) is 2. The summed E-state index contributed by atoms with van der Waals surface area (Å²) in [6, 6.07) is 13.9. The topological polar surface area (TPSA) is 98.7 Å². The van der Waals surface area contributed by atoms with Crippen molar-refractivity contribution in [2.45, 2.75) is 13.2 Å². The fraction of sp³-hybridized carbons (Fsp3) is 0.100. The Morgan fingerprint density at radius 2 is 1.12 bits per heavy atom. The third-order valence-corrected chi connectivity index (χ3v) is 3.86. The number of aliphatic hydroxyl groups is 2. The number of anilines is 2. The molecule has 6 heteroatoms. The average Bonchev–Trinajstić information content (AvgIpc) is 2.66. The van der Waals surface area contributed by atoms with Gasteiger partial charge in [-0.15, -0.1) is 0 Å². The molecule has 1 aliphatic rings. The van der Waals surface area contributed by atoms with Crippen molar-refractivity contribution in [3.8, 4) is 0 Å². The Morgan fingerprint density at radius 1 is 0.692 bits per heavy atom. The Kier molecular flexibility index (Phi) is 5.26. The van der Waals surface area contributed by atoms with Gasteiger partial charge in [0, 0.05) is 23.5 Å². The number of carbonyl (C=O) groups excluding carboxylic acids is 2. The molecule has 0 bridgehead atoms. The molecule has 132 valence electrons. The monoisotopic (exact) mass is 350 g/mol. The first-order valence-electron chi connectivity index (χ1n) is 8.05. The minimum atomic E-state index is -0.334. The quantitative estimate of drug-likeness (QED) is 0.596. The van der Waals surface area contributed by atoms with E-state index in [-0.39, 0.29) is 36.2 Å². The highest BCUT2D eigenvalue weighted by Crippen LogP contribution is 2.20. The van der Waals surface area contributed by atoms with Crippen LogP contribution in [-0.4, -0.2) is 21.8 Å². The lowest BCUT2D eigenvalue weighted by Crippen LogP contribution is -2.22. The molecule has 0 radical (unpaired) electrons. The number of aliphatic hydroxyl groups excluding tert-OH is 2. The molecule has 0 spiro atoms. The van der Waals surface area contributed by atoms with E-state index in [0.717, 1.165) is 0 Å². The zero-order valence-electron chi connectivity index (χ0n) is 13.9. The fourth-order valence-corrected chi connectivity index (χ4v) is 2.56. The molecule has 0 unspecified atom stereocenters. The van der Waals surface area contributed by atoms with E-state index in [0.29, 0.717) is 22.5 Å². The van der Waals surface area contributed by atoms with Gasteiger partial charge < -0.3 is 20.8 Å². The Morgan fingerprint density at radius 3 is 1.50 bits per heavy atom. The maximum Gasteiger partial charge on any atom is 0.204 e. The molecule has 0 amide bonds. The second-order valence-corrected chi connectivity index (χ2v) is 5.81. The van der Waals surface area contributed by atoms with Crippen LogP contribution in [0.2, 0.25) is 0 Å². The van der Waals surface area contributed by atoms with Crippen LogP contribution in [0.1, 0.15) is 11.1 Å². The first-order chi connectivity index (χ1) is 12.6. The molecular weight excluding hydrogens is 332 g/mol. The van der Waals surface area contributed by atoms with E-state index in [4.69, 9.17) is 0 Å². The number of hydrogen-bond acceptors (Lipinski definition) is 6. The van der Waals surface area contributed by atoms with E-state index in [9.17, 15) is 19.8 Å². The molecule has 0 aromatic heterocycles. The molecule has 0 heterocycles. The lowest BCUT2D eigenvalue weighted by molar-refractivity contribution is -0.115. The second-order valence-electron chi connectivity index (χ2n) is 5.81. The van der Waals surface area contributed by atoms with Gasteiger partial charge in [0.05, 0.1) is 24.6 Å². The number of allylic oxidation sites excluding steroid dienone is 2. The minimum Gasteiger partial charge on any atom is -0.392 e.